The van der Waals surface area contributed by atoms with Crippen molar-refractivity contribution in [2.45, 2.75) is 33.6 Å². The van der Waals surface area contributed by atoms with Gasteiger partial charge < -0.3 is 4.90 Å². The second kappa shape index (κ2) is 6.00. The summed E-state index contributed by atoms with van der Waals surface area (Å²) in [5, 5.41) is 11.4. The fourth-order valence-electron chi connectivity index (χ4n) is 3.21. The first-order valence-electron chi connectivity index (χ1n) is 7.14. The molecule has 1 heterocycles. The molecule has 4 nitrogen and oxygen atoms in total. The maximum Gasteiger partial charge on any atom is 0.271 e. The summed E-state index contributed by atoms with van der Waals surface area (Å²) in [6.45, 7) is 8.43. The van der Waals surface area contributed by atoms with Crippen LogP contribution in [0, 0.1) is 22.0 Å². The molecule has 0 spiro atoms. The van der Waals surface area contributed by atoms with Gasteiger partial charge in [0.2, 0.25) is 0 Å². The van der Waals surface area contributed by atoms with E-state index >= 15 is 0 Å². The highest BCUT2D eigenvalue weighted by molar-refractivity contribution is 6.33. The van der Waals surface area contributed by atoms with Gasteiger partial charge in [-0.25, -0.2) is 0 Å². The van der Waals surface area contributed by atoms with Gasteiger partial charge in [-0.15, -0.1) is 0 Å². The summed E-state index contributed by atoms with van der Waals surface area (Å²) in [5.41, 5.74) is 2.03. The molecule has 1 aromatic carbocycles. The second-order valence-corrected chi connectivity index (χ2v) is 6.30. The Morgan fingerprint density at radius 3 is 2.45 bits per heavy atom. The van der Waals surface area contributed by atoms with Crippen LogP contribution in [0.15, 0.2) is 12.1 Å². The zero-order valence-corrected chi connectivity index (χ0v) is 13.0. The van der Waals surface area contributed by atoms with Crippen molar-refractivity contribution >= 4 is 23.0 Å². The summed E-state index contributed by atoms with van der Waals surface area (Å²) in [7, 11) is 0. The molecule has 1 fully saturated rings. The lowest BCUT2D eigenvalue weighted by Crippen LogP contribution is -2.39. The van der Waals surface area contributed by atoms with Gasteiger partial charge in [0.15, 0.2) is 0 Å². The third-order valence-corrected chi connectivity index (χ3v) is 4.19. The van der Waals surface area contributed by atoms with Gasteiger partial charge in [-0.05, 0) is 30.2 Å². The van der Waals surface area contributed by atoms with E-state index in [4.69, 9.17) is 11.6 Å². The highest BCUT2D eigenvalue weighted by Gasteiger charge is 2.26. The fraction of sp³-hybridized carbons (Fsp3) is 0.600. The van der Waals surface area contributed by atoms with Gasteiger partial charge in [-0.1, -0.05) is 32.4 Å². The number of piperidine rings is 1. The predicted octanol–water partition coefficient (Wildman–Crippen LogP) is 4.29. The molecule has 1 saturated heterocycles. The third kappa shape index (κ3) is 3.06. The van der Waals surface area contributed by atoms with E-state index in [1.54, 1.807) is 6.07 Å². The van der Waals surface area contributed by atoms with Gasteiger partial charge in [0.25, 0.3) is 5.69 Å². The van der Waals surface area contributed by atoms with Crippen LogP contribution in [0.25, 0.3) is 0 Å². The van der Waals surface area contributed by atoms with Crippen LogP contribution in [-0.4, -0.2) is 18.0 Å². The molecule has 1 aliphatic rings. The molecular formula is C15H21ClN2O2. The maximum absolute atomic E-state index is 10.9. The summed E-state index contributed by atoms with van der Waals surface area (Å²) in [4.78, 5) is 12.9. The number of aryl methyl sites for hydroxylation is 1. The second-order valence-electron chi connectivity index (χ2n) is 5.90. The quantitative estimate of drug-likeness (QED) is 0.617. The average Bonchev–Trinajstić information content (AvgIpc) is 2.36. The van der Waals surface area contributed by atoms with Crippen molar-refractivity contribution < 1.29 is 4.92 Å². The van der Waals surface area contributed by atoms with E-state index in [1.807, 2.05) is 6.92 Å². The summed E-state index contributed by atoms with van der Waals surface area (Å²) >= 11 is 6.34. The van der Waals surface area contributed by atoms with Gasteiger partial charge in [0, 0.05) is 25.2 Å². The molecule has 0 unspecified atom stereocenters. The van der Waals surface area contributed by atoms with Crippen molar-refractivity contribution in [3.8, 4) is 0 Å². The molecule has 5 heteroatoms. The Morgan fingerprint density at radius 2 is 1.95 bits per heavy atom. The van der Waals surface area contributed by atoms with E-state index < -0.39 is 0 Å². The van der Waals surface area contributed by atoms with E-state index in [1.165, 1.54) is 12.5 Å². The van der Waals surface area contributed by atoms with Crippen molar-refractivity contribution in [3.05, 3.63) is 32.8 Å². The van der Waals surface area contributed by atoms with Crippen molar-refractivity contribution in [3.63, 3.8) is 0 Å². The van der Waals surface area contributed by atoms with Crippen LogP contribution in [-0.2, 0) is 6.42 Å². The molecule has 110 valence electrons. The van der Waals surface area contributed by atoms with Gasteiger partial charge >= 0.3 is 0 Å². The van der Waals surface area contributed by atoms with E-state index in [0.29, 0.717) is 16.9 Å². The Kier molecular flexibility index (Phi) is 4.53. The Bertz CT molecular complexity index is 509. The number of nitro benzene ring substituents is 1. The first-order chi connectivity index (χ1) is 9.42. The smallest absolute Gasteiger partial charge is 0.271 e. The minimum absolute atomic E-state index is 0.0775. The molecule has 0 amide bonds. The molecule has 0 N–H and O–H groups in total. The number of non-ortho nitro benzene ring substituents is 1. The van der Waals surface area contributed by atoms with Crippen LogP contribution in [0.2, 0.25) is 5.02 Å². The molecule has 2 rings (SSSR count). The van der Waals surface area contributed by atoms with Crippen LogP contribution in [0.5, 0.6) is 0 Å². The first kappa shape index (κ1) is 15.1. The monoisotopic (exact) mass is 296 g/mol. The van der Waals surface area contributed by atoms with E-state index in [2.05, 4.69) is 18.7 Å². The minimum atomic E-state index is -0.379. The SMILES string of the molecule is CCc1cc([N+](=O)[O-])cc(Cl)c1N1C[C@H](C)C[C@@H](C)C1. The molecule has 1 aromatic rings. The molecule has 20 heavy (non-hydrogen) atoms. The third-order valence-electron chi connectivity index (χ3n) is 3.90. The number of hydrogen-bond acceptors (Lipinski definition) is 3. The topological polar surface area (TPSA) is 46.4 Å². The molecule has 0 aliphatic carbocycles. The minimum Gasteiger partial charge on any atom is -0.370 e. The summed E-state index contributed by atoms with van der Waals surface area (Å²) in [5.74, 6) is 1.24. The van der Waals surface area contributed by atoms with E-state index in [9.17, 15) is 10.1 Å². The zero-order valence-electron chi connectivity index (χ0n) is 12.2. The van der Waals surface area contributed by atoms with Crippen molar-refractivity contribution in [2.75, 3.05) is 18.0 Å². The maximum atomic E-state index is 10.9. The molecule has 2 atom stereocenters. The first-order valence-corrected chi connectivity index (χ1v) is 7.51. The van der Waals surface area contributed by atoms with Crippen LogP contribution >= 0.6 is 11.6 Å². The number of anilines is 1. The van der Waals surface area contributed by atoms with Crippen LogP contribution in [0.1, 0.15) is 32.8 Å². The highest BCUT2D eigenvalue weighted by atomic mass is 35.5. The number of rotatable bonds is 3. The van der Waals surface area contributed by atoms with Gasteiger partial charge in [-0.3, -0.25) is 10.1 Å². The molecule has 0 radical (unpaired) electrons. The predicted molar refractivity (Wildman–Crippen MR) is 82.6 cm³/mol. The summed E-state index contributed by atoms with van der Waals surface area (Å²) < 4.78 is 0. The van der Waals surface area contributed by atoms with Crippen LogP contribution < -0.4 is 4.90 Å². The number of halogens is 1. The van der Waals surface area contributed by atoms with E-state index in [-0.39, 0.29) is 10.6 Å². The molecule has 0 aromatic heterocycles. The summed E-state index contributed by atoms with van der Waals surface area (Å²) in [6, 6.07) is 3.13. The van der Waals surface area contributed by atoms with Gasteiger partial charge in [-0.2, -0.15) is 0 Å². The molecule has 1 aliphatic heterocycles. The number of nitro groups is 1. The Morgan fingerprint density at radius 1 is 1.35 bits per heavy atom. The normalized spacial score (nSPS) is 22.9. The Labute approximate surface area is 124 Å². The van der Waals surface area contributed by atoms with E-state index in [0.717, 1.165) is 30.8 Å². The van der Waals surface area contributed by atoms with Crippen LogP contribution in [0.4, 0.5) is 11.4 Å². The lowest BCUT2D eigenvalue weighted by molar-refractivity contribution is -0.384. The Balaban J connectivity index is 2.42. The number of benzene rings is 1. The highest BCUT2D eigenvalue weighted by Crippen LogP contribution is 2.37. The average molecular weight is 297 g/mol. The zero-order chi connectivity index (χ0) is 14.9. The van der Waals surface area contributed by atoms with Gasteiger partial charge in [0.1, 0.15) is 0 Å². The van der Waals surface area contributed by atoms with Crippen molar-refractivity contribution in [2.24, 2.45) is 11.8 Å². The molecular weight excluding hydrogens is 276 g/mol. The van der Waals surface area contributed by atoms with Crippen LogP contribution in [0.3, 0.4) is 0 Å². The lowest BCUT2D eigenvalue weighted by atomic mass is 9.91. The van der Waals surface area contributed by atoms with Gasteiger partial charge in [0.05, 0.1) is 15.6 Å². The Hall–Kier alpha value is -1.29. The number of hydrogen-bond donors (Lipinski definition) is 0. The summed E-state index contributed by atoms with van der Waals surface area (Å²) in [6.07, 6.45) is 1.97. The number of nitrogens with zero attached hydrogens (tertiary/aromatic N) is 2. The van der Waals surface area contributed by atoms with Crippen molar-refractivity contribution in [1.82, 2.24) is 0 Å². The standard InChI is InChI=1S/C15H21ClN2O2/c1-4-12-6-13(18(19)20)7-14(16)15(12)17-8-10(2)5-11(3)9-17/h6-7,10-11H,4-5,8-9H2,1-3H3/t10-,11-/m1/s1. The lowest BCUT2D eigenvalue weighted by Gasteiger charge is -2.38. The molecule has 0 saturated carbocycles. The van der Waals surface area contributed by atoms with Crippen molar-refractivity contribution in [1.29, 1.82) is 0 Å². The fourth-order valence-corrected chi connectivity index (χ4v) is 3.57. The molecule has 0 bridgehead atoms. The largest absolute Gasteiger partial charge is 0.370 e.